The van der Waals surface area contributed by atoms with E-state index >= 15 is 0 Å². The van der Waals surface area contributed by atoms with Gasteiger partial charge in [-0.2, -0.15) is 0 Å². The second-order valence-corrected chi connectivity index (χ2v) is 3.89. The largest absolute Gasteiger partial charge is 0.450 e. The van der Waals surface area contributed by atoms with Crippen LogP contribution in [0, 0.1) is 0 Å². The van der Waals surface area contributed by atoms with Crippen molar-refractivity contribution in [3.8, 4) is 0 Å². The van der Waals surface area contributed by atoms with E-state index in [4.69, 9.17) is 5.73 Å². The van der Waals surface area contributed by atoms with Gasteiger partial charge < -0.3 is 15.0 Å². The van der Waals surface area contributed by atoms with Crippen LogP contribution in [0.1, 0.15) is 12.8 Å². The number of carbonyl (C=O) groups excluding carboxylic acids is 1. The van der Waals surface area contributed by atoms with Crippen molar-refractivity contribution in [3.63, 3.8) is 0 Å². The molecule has 0 unspecified atom stereocenters. The molecule has 0 aliphatic carbocycles. The molecule has 12 heavy (non-hydrogen) atoms. The van der Waals surface area contributed by atoms with Gasteiger partial charge in [0.15, 0.2) is 0 Å². The molecule has 0 radical (unpaired) electrons. The van der Waals surface area contributed by atoms with Crippen molar-refractivity contribution >= 4 is 6.09 Å². The highest BCUT2D eigenvalue weighted by molar-refractivity contribution is 5.64. The fourth-order valence-electron chi connectivity index (χ4n) is 0.861. The van der Waals surface area contributed by atoms with Crippen LogP contribution in [0.4, 0.5) is 4.79 Å². The van der Waals surface area contributed by atoms with Gasteiger partial charge in [-0.05, 0) is 12.8 Å². The number of hydrogen-bond donors (Lipinski definition) is 1. The van der Waals surface area contributed by atoms with Crippen LogP contribution in [-0.2, 0) is 4.74 Å². The van der Waals surface area contributed by atoms with E-state index in [2.05, 4.69) is 25.9 Å². The Labute approximate surface area is 73.9 Å². The molecule has 0 heterocycles. The van der Waals surface area contributed by atoms with Gasteiger partial charge in [-0.15, -0.1) is 0 Å². The Bertz CT molecular complexity index is 140. The highest BCUT2D eigenvalue weighted by Gasteiger charge is 2.05. The average Bonchev–Trinajstić information content (AvgIpc) is 1.83. The number of nitrogens with zero attached hydrogens (tertiary/aromatic N) is 1. The molecule has 2 N–H and O–H groups in total. The quantitative estimate of drug-likeness (QED) is 0.490. The van der Waals surface area contributed by atoms with Gasteiger partial charge in [0.05, 0.1) is 34.3 Å². The maximum Gasteiger partial charge on any atom is 0.404 e. The summed E-state index contributed by atoms with van der Waals surface area (Å²) in [5.41, 5.74) is 4.80. The molecule has 4 heteroatoms. The molecule has 0 aromatic rings. The fraction of sp³-hybridized carbons (Fsp3) is 0.875. The Morgan fingerprint density at radius 1 is 1.33 bits per heavy atom. The molecular formula is C8H19N2O2+. The van der Waals surface area contributed by atoms with Crippen LogP contribution in [0.15, 0.2) is 0 Å². The van der Waals surface area contributed by atoms with Gasteiger partial charge in [-0.3, -0.25) is 0 Å². The van der Waals surface area contributed by atoms with Crippen molar-refractivity contribution < 1.29 is 14.0 Å². The first-order chi connectivity index (χ1) is 5.42. The van der Waals surface area contributed by atoms with E-state index in [0.717, 1.165) is 23.9 Å². The van der Waals surface area contributed by atoms with Crippen molar-refractivity contribution in [1.82, 2.24) is 0 Å². The van der Waals surface area contributed by atoms with E-state index in [-0.39, 0.29) is 0 Å². The number of hydrogen-bond acceptors (Lipinski definition) is 2. The molecule has 72 valence electrons. The summed E-state index contributed by atoms with van der Waals surface area (Å²) in [7, 11) is 6.40. The zero-order valence-electron chi connectivity index (χ0n) is 8.17. The predicted octanol–water partition coefficient (Wildman–Crippen LogP) is 0.568. The van der Waals surface area contributed by atoms with Crippen molar-refractivity contribution in [2.24, 2.45) is 5.73 Å². The molecule has 0 saturated heterocycles. The molecule has 0 bridgehead atoms. The molecule has 0 spiro atoms. The second-order valence-electron chi connectivity index (χ2n) is 3.89. The van der Waals surface area contributed by atoms with Crippen LogP contribution in [-0.4, -0.2) is 44.9 Å². The minimum absolute atomic E-state index is 0.440. The molecule has 0 aliphatic heterocycles. The number of quaternary nitrogens is 1. The van der Waals surface area contributed by atoms with Crippen molar-refractivity contribution in [2.45, 2.75) is 12.8 Å². The number of amides is 1. The second kappa shape index (κ2) is 4.98. The van der Waals surface area contributed by atoms with Gasteiger partial charge in [0, 0.05) is 0 Å². The van der Waals surface area contributed by atoms with Gasteiger partial charge in [0.2, 0.25) is 0 Å². The maximum absolute atomic E-state index is 10.2. The standard InChI is InChI=1S/C8H18N2O2/c1-10(2,3)6-4-5-7-12-8(9)11/h4-7H2,1-3H3,(H-,9,11)/p+1. The lowest BCUT2D eigenvalue weighted by molar-refractivity contribution is -0.870. The van der Waals surface area contributed by atoms with Crippen molar-refractivity contribution in [3.05, 3.63) is 0 Å². The third-order valence-electron chi connectivity index (χ3n) is 1.47. The zero-order valence-corrected chi connectivity index (χ0v) is 8.17. The highest BCUT2D eigenvalue weighted by Crippen LogP contribution is 1.97. The van der Waals surface area contributed by atoms with Gasteiger partial charge >= 0.3 is 6.09 Å². The molecule has 0 aromatic carbocycles. The monoisotopic (exact) mass is 175 g/mol. The topological polar surface area (TPSA) is 52.3 Å². The van der Waals surface area contributed by atoms with Crippen molar-refractivity contribution in [1.29, 1.82) is 0 Å². The summed E-state index contributed by atoms with van der Waals surface area (Å²) in [6, 6.07) is 0. The Morgan fingerprint density at radius 2 is 1.92 bits per heavy atom. The lowest BCUT2D eigenvalue weighted by Crippen LogP contribution is -2.35. The van der Waals surface area contributed by atoms with Gasteiger partial charge in [-0.25, -0.2) is 4.79 Å². The smallest absolute Gasteiger partial charge is 0.404 e. The number of carbonyl (C=O) groups is 1. The first-order valence-corrected chi connectivity index (χ1v) is 4.14. The third-order valence-corrected chi connectivity index (χ3v) is 1.47. The van der Waals surface area contributed by atoms with Crippen LogP contribution < -0.4 is 5.73 Å². The normalized spacial score (nSPS) is 11.2. The number of unbranched alkanes of at least 4 members (excludes halogenated alkanes) is 1. The Morgan fingerprint density at radius 3 is 2.33 bits per heavy atom. The molecule has 0 aromatic heterocycles. The molecule has 0 rings (SSSR count). The Hall–Kier alpha value is -0.770. The highest BCUT2D eigenvalue weighted by atomic mass is 16.5. The molecule has 0 fully saturated rings. The third kappa shape index (κ3) is 9.23. The minimum atomic E-state index is -0.680. The number of primary amides is 1. The molecule has 4 nitrogen and oxygen atoms in total. The summed E-state index contributed by atoms with van der Waals surface area (Å²) < 4.78 is 5.53. The Balaban J connectivity index is 3.17. The summed E-state index contributed by atoms with van der Waals surface area (Å²) in [6.45, 7) is 1.53. The lowest BCUT2D eigenvalue weighted by atomic mass is 10.3. The van der Waals surface area contributed by atoms with Crippen LogP contribution in [0.2, 0.25) is 0 Å². The minimum Gasteiger partial charge on any atom is -0.450 e. The van der Waals surface area contributed by atoms with E-state index in [1.165, 1.54) is 0 Å². The van der Waals surface area contributed by atoms with Crippen LogP contribution >= 0.6 is 0 Å². The number of ether oxygens (including phenoxy) is 1. The van der Waals surface area contributed by atoms with Gasteiger partial charge in [0.25, 0.3) is 0 Å². The molecule has 0 saturated carbocycles. The zero-order chi connectivity index (χ0) is 9.61. The lowest BCUT2D eigenvalue weighted by Gasteiger charge is -2.23. The number of rotatable bonds is 5. The summed E-state index contributed by atoms with van der Waals surface area (Å²) in [4.78, 5) is 10.2. The van der Waals surface area contributed by atoms with E-state index in [1.807, 2.05) is 0 Å². The average molecular weight is 175 g/mol. The first-order valence-electron chi connectivity index (χ1n) is 4.14. The molecular weight excluding hydrogens is 156 g/mol. The van der Waals surface area contributed by atoms with E-state index in [0.29, 0.717) is 6.61 Å². The number of nitrogens with two attached hydrogens (primary N) is 1. The van der Waals surface area contributed by atoms with E-state index in [1.54, 1.807) is 0 Å². The SMILES string of the molecule is C[N+](C)(C)CCCCOC(N)=O. The van der Waals surface area contributed by atoms with E-state index < -0.39 is 6.09 Å². The molecule has 0 atom stereocenters. The van der Waals surface area contributed by atoms with Gasteiger partial charge in [0.1, 0.15) is 0 Å². The summed E-state index contributed by atoms with van der Waals surface area (Å²) in [5.74, 6) is 0. The van der Waals surface area contributed by atoms with Crippen LogP contribution in [0.5, 0.6) is 0 Å². The van der Waals surface area contributed by atoms with Crippen LogP contribution in [0.25, 0.3) is 0 Å². The Kier molecular flexibility index (Phi) is 4.66. The van der Waals surface area contributed by atoms with E-state index in [9.17, 15) is 4.79 Å². The fourth-order valence-corrected chi connectivity index (χ4v) is 0.861. The summed E-state index contributed by atoms with van der Waals surface area (Å²) >= 11 is 0. The predicted molar refractivity (Wildman–Crippen MR) is 47.7 cm³/mol. The van der Waals surface area contributed by atoms with Gasteiger partial charge in [-0.1, -0.05) is 0 Å². The first kappa shape index (κ1) is 11.2. The molecule has 0 aliphatic rings. The van der Waals surface area contributed by atoms with Crippen LogP contribution in [0.3, 0.4) is 0 Å². The summed E-state index contributed by atoms with van der Waals surface area (Å²) in [5, 5.41) is 0. The maximum atomic E-state index is 10.2. The summed E-state index contributed by atoms with van der Waals surface area (Å²) in [6.07, 6.45) is 1.26. The molecule has 1 amide bonds. The van der Waals surface area contributed by atoms with Crippen molar-refractivity contribution in [2.75, 3.05) is 34.3 Å².